The van der Waals surface area contributed by atoms with E-state index in [0.29, 0.717) is 43.3 Å². The fourth-order valence-electron chi connectivity index (χ4n) is 6.62. The number of fused-ring (bicyclic) bond motifs is 2. The van der Waals surface area contributed by atoms with Crippen LogP contribution in [0.5, 0.6) is 0 Å². The lowest BCUT2D eigenvalue weighted by Gasteiger charge is -2.45. The molecule has 3 heterocycles. The second kappa shape index (κ2) is 15.6. The van der Waals surface area contributed by atoms with Gasteiger partial charge in [-0.05, 0) is 109 Å². The highest BCUT2D eigenvalue weighted by atomic mass is 79.9. The van der Waals surface area contributed by atoms with E-state index in [1.54, 1.807) is 29.6 Å². The van der Waals surface area contributed by atoms with Crippen molar-refractivity contribution in [2.45, 2.75) is 71.0 Å². The second-order valence-corrected chi connectivity index (χ2v) is 15.1. The van der Waals surface area contributed by atoms with Crippen molar-refractivity contribution in [3.63, 3.8) is 0 Å². The normalized spacial score (nSPS) is 18.0. The number of nitrogens with zero attached hydrogens (tertiary/aromatic N) is 6. The van der Waals surface area contributed by atoms with Crippen molar-refractivity contribution in [3.8, 4) is 0 Å². The second-order valence-electron chi connectivity index (χ2n) is 13.8. The number of primary amides is 1. The van der Waals surface area contributed by atoms with E-state index in [0.717, 1.165) is 47.1 Å². The van der Waals surface area contributed by atoms with Gasteiger partial charge in [-0.2, -0.15) is 5.06 Å². The first kappa shape index (κ1) is 36.0. The molecule has 11 nitrogen and oxygen atoms in total. The average Bonchev–Trinajstić information content (AvgIpc) is 3.53. The molecule has 4 aromatic rings. The average molecular weight is 765 g/mol. The van der Waals surface area contributed by atoms with Crippen molar-refractivity contribution in [1.29, 1.82) is 0 Å². The predicted molar refractivity (Wildman–Crippen MR) is 194 cm³/mol. The third-order valence-electron chi connectivity index (χ3n) is 8.87. The zero-order chi connectivity index (χ0) is 35.4. The molecule has 2 amide bonds. The van der Waals surface area contributed by atoms with Crippen molar-refractivity contribution in [1.82, 2.24) is 29.4 Å². The summed E-state index contributed by atoms with van der Waals surface area (Å²) in [5.74, 6) is -0.496. The number of nitrogens with two attached hydrogens (primary N) is 1. The molecule has 1 aliphatic heterocycles. The molecule has 6 rings (SSSR count). The summed E-state index contributed by atoms with van der Waals surface area (Å²) in [5.41, 5.74) is 10.7. The molecule has 264 valence electrons. The molecule has 0 radical (unpaired) electrons. The minimum atomic E-state index is -0.691. The number of halogens is 2. The molecule has 1 fully saturated rings. The minimum Gasteiger partial charge on any atom is -0.444 e. The molecule has 2 aromatic carbocycles. The summed E-state index contributed by atoms with van der Waals surface area (Å²) in [6, 6.07) is 15.3. The van der Waals surface area contributed by atoms with Gasteiger partial charge in [0.1, 0.15) is 5.60 Å². The molecular weight excluding hydrogens is 722 g/mol. The van der Waals surface area contributed by atoms with Crippen molar-refractivity contribution < 1.29 is 19.2 Å². The van der Waals surface area contributed by atoms with Crippen LogP contribution >= 0.6 is 27.5 Å². The largest absolute Gasteiger partial charge is 0.444 e. The summed E-state index contributed by atoms with van der Waals surface area (Å²) < 4.78 is 8.84. The highest BCUT2D eigenvalue weighted by Crippen LogP contribution is 2.39. The van der Waals surface area contributed by atoms with Crippen LogP contribution in [0.2, 0.25) is 5.02 Å². The lowest BCUT2D eigenvalue weighted by molar-refractivity contribution is -0.254. The monoisotopic (exact) mass is 763 g/mol. The van der Waals surface area contributed by atoms with Gasteiger partial charge in [0.2, 0.25) is 5.91 Å². The predicted octanol–water partition coefficient (Wildman–Crippen LogP) is 6.38. The van der Waals surface area contributed by atoms with Crippen molar-refractivity contribution in [2.75, 3.05) is 26.2 Å². The maximum Gasteiger partial charge on any atom is 0.412 e. The third-order valence-corrected chi connectivity index (χ3v) is 9.54. The topological polar surface area (TPSA) is 119 Å². The number of benzene rings is 2. The first-order valence-corrected chi connectivity index (χ1v) is 18.0. The Morgan fingerprint density at radius 3 is 2.68 bits per heavy atom. The molecule has 0 spiro atoms. The molecule has 2 aliphatic rings. The molecule has 0 bridgehead atoms. The SMILES string of the molecule is CC(C)(C)OC(=O)N1CCN(C2c3ccc(Cl)cc3CCc3cc(Br)cnc32)CC1ON(CCCn1ccnc1)Cc1cccc(C(N)=O)c1. The summed E-state index contributed by atoms with van der Waals surface area (Å²) in [7, 11) is 0. The van der Waals surface area contributed by atoms with Gasteiger partial charge in [-0.25, -0.2) is 9.78 Å². The quantitative estimate of drug-likeness (QED) is 0.185. The number of ether oxygens (including phenoxy) is 1. The number of aromatic nitrogens is 3. The number of pyridine rings is 1. The van der Waals surface area contributed by atoms with Gasteiger partial charge in [0.15, 0.2) is 6.23 Å². The van der Waals surface area contributed by atoms with Gasteiger partial charge in [0.05, 0.1) is 18.1 Å². The van der Waals surface area contributed by atoms with E-state index >= 15 is 0 Å². The standard InChI is InChI=1S/C37H43BrClN7O4/c1-37(2,3)49-36(48)46-17-16-44(34-31-11-10-30(39)20-26(31)8-9-27-19-29(38)21-42-33(27)34)23-32(46)50-45(14-5-13-43-15-12-41-24-43)22-25-6-4-7-28(18-25)35(40)47/h4,6-7,10-12,15,18-21,24,32,34H,5,8-9,13-14,16-17,22-23H2,1-3H3,(H2,40,47). The third kappa shape index (κ3) is 8.91. The maximum atomic E-state index is 13.8. The number of hydrogen-bond donors (Lipinski definition) is 1. The fraction of sp³-hybridized carbons (Fsp3) is 0.405. The van der Waals surface area contributed by atoms with Gasteiger partial charge in [0, 0.05) is 72.9 Å². The number of carbonyl (C=O) groups excluding carboxylic acids is 2. The summed E-state index contributed by atoms with van der Waals surface area (Å²) in [6.07, 6.45) is 8.60. The Morgan fingerprint density at radius 1 is 1.10 bits per heavy atom. The summed E-state index contributed by atoms with van der Waals surface area (Å²) in [4.78, 5) is 45.8. The molecule has 2 N–H and O–H groups in total. The summed E-state index contributed by atoms with van der Waals surface area (Å²) in [6.45, 7) is 8.57. The Labute approximate surface area is 306 Å². The van der Waals surface area contributed by atoms with E-state index < -0.39 is 23.8 Å². The molecule has 1 saturated heterocycles. The van der Waals surface area contributed by atoms with Gasteiger partial charge in [-0.15, -0.1) is 0 Å². The molecule has 13 heteroatoms. The highest BCUT2D eigenvalue weighted by molar-refractivity contribution is 9.10. The van der Waals surface area contributed by atoms with E-state index in [1.165, 1.54) is 11.1 Å². The fourth-order valence-corrected chi connectivity index (χ4v) is 7.20. The molecular formula is C37H43BrClN7O4. The van der Waals surface area contributed by atoms with E-state index in [9.17, 15) is 9.59 Å². The number of hydrogen-bond acceptors (Lipinski definition) is 8. The van der Waals surface area contributed by atoms with Gasteiger partial charge < -0.3 is 15.0 Å². The molecule has 2 atom stereocenters. The minimum absolute atomic E-state index is 0.179. The smallest absolute Gasteiger partial charge is 0.412 e. The Morgan fingerprint density at radius 2 is 1.92 bits per heavy atom. The summed E-state index contributed by atoms with van der Waals surface area (Å²) in [5, 5.41) is 2.57. The van der Waals surface area contributed by atoms with Crippen LogP contribution in [-0.4, -0.2) is 79.4 Å². The van der Waals surface area contributed by atoms with Crippen LogP contribution in [0.1, 0.15) is 71.5 Å². The zero-order valence-electron chi connectivity index (χ0n) is 28.6. The van der Waals surface area contributed by atoms with Crippen LogP contribution < -0.4 is 5.73 Å². The van der Waals surface area contributed by atoms with Gasteiger partial charge in [-0.1, -0.05) is 29.8 Å². The van der Waals surface area contributed by atoms with Gasteiger partial charge >= 0.3 is 6.09 Å². The van der Waals surface area contributed by atoms with Gasteiger partial charge in [0.25, 0.3) is 0 Å². The number of aryl methyl sites for hydroxylation is 3. The van der Waals surface area contributed by atoms with E-state index in [2.05, 4.69) is 44.0 Å². The Kier molecular flexibility index (Phi) is 11.2. The van der Waals surface area contributed by atoms with Crippen molar-refractivity contribution >= 4 is 39.5 Å². The van der Waals surface area contributed by atoms with Crippen LogP contribution in [0.15, 0.2) is 77.9 Å². The number of imidazole rings is 1. The first-order chi connectivity index (χ1) is 23.9. The molecule has 2 aromatic heterocycles. The molecule has 1 aliphatic carbocycles. The lowest BCUT2D eigenvalue weighted by Crippen LogP contribution is -2.59. The van der Waals surface area contributed by atoms with E-state index in [1.807, 2.05) is 61.0 Å². The number of carbonyl (C=O) groups is 2. The summed E-state index contributed by atoms with van der Waals surface area (Å²) >= 11 is 10.1. The van der Waals surface area contributed by atoms with Crippen LogP contribution in [0.25, 0.3) is 0 Å². The van der Waals surface area contributed by atoms with E-state index in [4.69, 9.17) is 31.9 Å². The Balaban J connectivity index is 1.34. The molecule has 2 unspecified atom stereocenters. The number of piperazine rings is 1. The van der Waals surface area contributed by atoms with Crippen LogP contribution in [0.3, 0.4) is 0 Å². The lowest BCUT2D eigenvalue weighted by atomic mass is 9.96. The first-order valence-electron chi connectivity index (χ1n) is 16.9. The van der Waals surface area contributed by atoms with Gasteiger partial charge in [-0.3, -0.25) is 24.4 Å². The molecule has 0 saturated carbocycles. The number of amides is 2. The van der Waals surface area contributed by atoms with Crippen molar-refractivity contribution in [3.05, 3.63) is 116 Å². The van der Waals surface area contributed by atoms with Crippen LogP contribution in [0, 0.1) is 0 Å². The van der Waals surface area contributed by atoms with Crippen LogP contribution in [-0.2, 0) is 35.5 Å². The van der Waals surface area contributed by atoms with E-state index in [-0.39, 0.29) is 6.04 Å². The van der Waals surface area contributed by atoms with Crippen molar-refractivity contribution in [2.24, 2.45) is 5.73 Å². The number of rotatable bonds is 10. The number of hydroxylamine groups is 2. The Bertz CT molecular complexity index is 1760. The van der Waals surface area contributed by atoms with Crippen LogP contribution in [0.4, 0.5) is 4.79 Å². The maximum absolute atomic E-state index is 13.8. The highest BCUT2D eigenvalue weighted by Gasteiger charge is 2.40. The molecule has 50 heavy (non-hydrogen) atoms. The Hall–Kier alpha value is -3.81. The zero-order valence-corrected chi connectivity index (χ0v) is 30.9.